The van der Waals surface area contributed by atoms with Crippen molar-refractivity contribution in [3.05, 3.63) is 76.1 Å². The van der Waals surface area contributed by atoms with Crippen molar-refractivity contribution < 1.29 is 22.6 Å². The Morgan fingerprint density at radius 3 is 1.97 bits per heavy atom. The van der Waals surface area contributed by atoms with Crippen molar-refractivity contribution in [2.24, 2.45) is 10.2 Å². The van der Waals surface area contributed by atoms with Gasteiger partial charge in [-0.2, -0.15) is 18.6 Å². The van der Waals surface area contributed by atoms with Crippen LogP contribution in [0.4, 0.5) is 17.2 Å². The van der Waals surface area contributed by atoms with Gasteiger partial charge in [0.15, 0.2) is 0 Å². The first-order valence-corrected chi connectivity index (χ1v) is 10.1. The highest BCUT2D eigenvalue weighted by Gasteiger charge is 2.31. The molecule has 0 spiro atoms. The highest BCUT2D eigenvalue weighted by atomic mass is 32.2. The van der Waals surface area contributed by atoms with Crippen LogP contribution in [0.25, 0.3) is 5.69 Å². The van der Waals surface area contributed by atoms with Crippen molar-refractivity contribution in [3.63, 3.8) is 0 Å². The molecule has 0 aliphatic carbocycles. The van der Waals surface area contributed by atoms with Crippen LogP contribution < -0.4 is 16.6 Å². The minimum Gasteiger partial charge on any atom is -0.384 e. The van der Waals surface area contributed by atoms with Crippen LogP contribution in [0.15, 0.2) is 74.5 Å². The summed E-state index contributed by atoms with van der Waals surface area (Å²) in [6.45, 7) is 0. The fraction of sp³-hybridized carbons (Fsp3) is 0. The van der Waals surface area contributed by atoms with Gasteiger partial charge in [0.2, 0.25) is 0 Å². The number of azo groups is 1. The second-order valence-corrected chi connectivity index (χ2v) is 7.88. The second-order valence-electron chi connectivity index (χ2n) is 6.46. The number of pyridine rings is 1. The van der Waals surface area contributed by atoms with Crippen molar-refractivity contribution in [2.45, 2.75) is 4.90 Å². The van der Waals surface area contributed by atoms with Crippen LogP contribution in [-0.4, -0.2) is 29.4 Å². The lowest BCUT2D eigenvalue weighted by Crippen LogP contribution is -2.23. The number of amides is 2. The number of imide groups is 1. The van der Waals surface area contributed by atoms with E-state index < -0.39 is 27.5 Å². The zero-order chi connectivity index (χ0) is 22.3. The molecule has 0 unspecified atom stereocenters. The van der Waals surface area contributed by atoms with Gasteiger partial charge in [0.1, 0.15) is 5.82 Å². The summed E-state index contributed by atoms with van der Waals surface area (Å²) < 4.78 is 32.2. The number of hydrogen-bond acceptors (Lipinski definition) is 8. The fourth-order valence-corrected chi connectivity index (χ4v) is 3.49. The number of anilines is 1. The van der Waals surface area contributed by atoms with E-state index in [9.17, 15) is 22.8 Å². The standard InChI is InChI=1S/C19H13N5O6S/c20-17-16-14(18(26)21-19(16)27)9-15(25)24(17)12-5-1-10(2-6-12)22-23-11-3-7-13(8-4-11)31(28,29)30/h1-9H,20H2,(H,21,26,27)(H,28,29,30). The van der Waals surface area contributed by atoms with E-state index in [2.05, 4.69) is 15.5 Å². The van der Waals surface area contributed by atoms with Crippen molar-refractivity contribution in [3.8, 4) is 5.69 Å². The second kappa shape index (κ2) is 7.27. The number of carbonyl (C=O) groups excluding carboxylic acids is 2. The van der Waals surface area contributed by atoms with E-state index in [1.54, 1.807) is 12.1 Å². The quantitative estimate of drug-likeness (QED) is 0.316. The number of carbonyl (C=O) groups is 2. The number of fused-ring (bicyclic) bond motifs is 1. The lowest BCUT2D eigenvalue weighted by atomic mass is 10.1. The number of rotatable bonds is 4. The lowest BCUT2D eigenvalue weighted by molar-refractivity contribution is 0.0880. The molecular weight excluding hydrogens is 426 g/mol. The van der Waals surface area contributed by atoms with Crippen LogP contribution in [0.3, 0.4) is 0 Å². The molecule has 0 radical (unpaired) electrons. The fourth-order valence-electron chi connectivity index (χ4n) is 3.01. The van der Waals surface area contributed by atoms with E-state index in [1.165, 1.54) is 36.4 Å². The number of nitrogens with two attached hydrogens (primary N) is 1. The number of nitrogens with zero attached hydrogens (tertiary/aromatic N) is 3. The van der Waals surface area contributed by atoms with Crippen LogP contribution in [-0.2, 0) is 10.1 Å². The topological polar surface area (TPSA) is 173 Å². The van der Waals surface area contributed by atoms with Crippen molar-refractivity contribution in [1.82, 2.24) is 9.88 Å². The van der Waals surface area contributed by atoms with Gasteiger partial charge in [-0.05, 0) is 48.5 Å². The van der Waals surface area contributed by atoms with Crippen LogP contribution in [0.5, 0.6) is 0 Å². The van der Waals surface area contributed by atoms with Crippen molar-refractivity contribution in [1.29, 1.82) is 0 Å². The largest absolute Gasteiger partial charge is 0.384 e. The average molecular weight is 439 g/mol. The van der Waals surface area contributed by atoms with Crippen molar-refractivity contribution >= 4 is 39.1 Å². The molecule has 3 aromatic rings. The third-order valence-corrected chi connectivity index (χ3v) is 5.34. The van der Waals surface area contributed by atoms with Gasteiger partial charge in [0.25, 0.3) is 27.5 Å². The van der Waals surface area contributed by atoms with E-state index in [-0.39, 0.29) is 21.8 Å². The van der Waals surface area contributed by atoms with E-state index in [1.807, 2.05) is 0 Å². The molecule has 4 N–H and O–H groups in total. The zero-order valence-electron chi connectivity index (χ0n) is 15.5. The molecule has 156 valence electrons. The third kappa shape index (κ3) is 3.72. The molecule has 0 saturated carbocycles. The molecule has 0 bridgehead atoms. The molecule has 31 heavy (non-hydrogen) atoms. The van der Waals surface area contributed by atoms with E-state index in [4.69, 9.17) is 10.3 Å². The van der Waals surface area contributed by atoms with E-state index in [0.29, 0.717) is 17.1 Å². The summed E-state index contributed by atoms with van der Waals surface area (Å²) in [5, 5.41) is 10.1. The van der Waals surface area contributed by atoms with Gasteiger partial charge in [-0.1, -0.05) is 0 Å². The molecule has 12 heteroatoms. The van der Waals surface area contributed by atoms with Crippen LogP contribution in [0.1, 0.15) is 20.7 Å². The maximum Gasteiger partial charge on any atom is 0.294 e. The highest BCUT2D eigenvalue weighted by Crippen LogP contribution is 2.25. The summed E-state index contributed by atoms with van der Waals surface area (Å²) in [4.78, 5) is 35.8. The minimum atomic E-state index is -4.29. The van der Waals surface area contributed by atoms with Gasteiger partial charge >= 0.3 is 0 Å². The molecule has 2 heterocycles. The van der Waals surface area contributed by atoms with E-state index in [0.717, 1.165) is 10.6 Å². The molecule has 2 amide bonds. The Morgan fingerprint density at radius 2 is 1.42 bits per heavy atom. The molecule has 4 rings (SSSR count). The summed E-state index contributed by atoms with van der Waals surface area (Å²) in [5.74, 6) is -1.49. The smallest absolute Gasteiger partial charge is 0.294 e. The number of nitrogen functional groups attached to an aromatic ring is 1. The Bertz CT molecular complexity index is 1420. The van der Waals surface area contributed by atoms with Gasteiger partial charge in [0.05, 0.1) is 33.1 Å². The number of hydrogen-bond donors (Lipinski definition) is 3. The molecule has 1 aromatic heterocycles. The summed E-state index contributed by atoms with van der Waals surface area (Å²) in [6, 6.07) is 12.4. The molecule has 1 aliphatic heterocycles. The first-order chi connectivity index (χ1) is 14.6. The molecule has 0 atom stereocenters. The summed E-state index contributed by atoms with van der Waals surface area (Å²) in [6.07, 6.45) is 0. The number of nitrogens with one attached hydrogen (secondary N) is 1. The number of aromatic nitrogens is 1. The Labute approximate surface area is 174 Å². The number of benzene rings is 2. The van der Waals surface area contributed by atoms with Crippen LogP contribution >= 0.6 is 0 Å². The SMILES string of the molecule is Nc1c2c(cc(=O)n1-c1ccc(N=Nc3ccc(S(=O)(=O)O)cc3)cc1)C(=O)NC2=O. The molecule has 2 aromatic carbocycles. The summed E-state index contributed by atoms with van der Waals surface area (Å²) in [5.41, 5.74) is 6.42. The maximum absolute atomic E-state index is 12.4. The third-order valence-electron chi connectivity index (χ3n) is 4.48. The summed E-state index contributed by atoms with van der Waals surface area (Å²) in [7, 11) is -4.29. The first-order valence-electron chi connectivity index (χ1n) is 8.66. The minimum absolute atomic E-state index is 0.0540. The van der Waals surface area contributed by atoms with Gasteiger partial charge in [-0.3, -0.25) is 28.8 Å². The Kier molecular flexibility index (Phi) is 4.72. The monoisotopic (exact) mass is 439 g/mol. The van der Waals surface area contributed by atoms with Crippen LogP contribution in [0.2, 0.25) is 0 Å². The predicted molar refractivity (Wildman–Crippen MR) is 109 cm³/mol. The van der Waals surface area contributed by atoms with Gasteiger partial charge in [0, 0.05) is 6.07 Å². The molecule has 1 aliphatic rings. The van der Waals surface area contributed by atoms with Gasteiger partial charge < -0.3 is 5.73 Å². The van der Waals surface area contributed by atoms with Gasteiger partial charge in [-0.15, -0.1) is 0 Å². The Morgan fingerprint density at radius 1 is 0.871 bits per heavy atom. The van der Waals surface area contributed by atoms with E-state index >= 15 is 0 Å². The molecule has 11 nitrogen and oxygen atoms in total. The highest BCUT2D eigenvalue weighted by molar-refractivity contribution is 7.85. The maximum atomic E-state index is 12.4. The first kappa shape index (κ1) is 20.1. The molecule has 0 saturated heterocycles. The summed E-state index contributed by atoms with van der Waals surface area (Å²) >= 11 is 0. The lowest BCUT2D eigenvalue weighted by Gasteiger charge is -2.11. The Hall–Kier alpha value is -4.16. The predicted octanol–water partition coefficient (Wildman–Crippen LogP) is 1.97. The van der Waals surface area contributed by atoms with Crippen LogP contribution in [0, 0.1) is 0 Å². The van der Waals surface area contributed by atoms with Crippen molar-refractivity contribution in [2.75, 3.05) is 5.73 Å². The average Bonchev–Trinajstić information content (AvgIpc) is 3.00. The zero-order valence-corrected chi connectivity index (χ0v) is 16.3. The Balaban J connectivity index is 1.62. The molecular formula is C19H13N5O6S. The van der Waals surface area contributed by atoms with Gasteiger partial charge in [-0.25, -0.2) is 0 Å². The normalized spacial score (nSPS) is 13.5. The molecule has 0 fully saturated rings.